The molecule has 2 aromatic rings. The van der Waals surface area contributed by atoms with E-state index in [2.05, 4.69) is 19.6 Å². The van der Waals surface area contributed by atoms with Crippen LogP contribution in [0.3, 0.4) is 0 Å². The summed E-state index contributed by atoms with van der Waals surface area (Å²) in [6.07, 6.45) is -1.32. The van der Waals surface area contributed by atoms with Crippen molar-refractivity contribution >= 4 is 28.0 Å². The van der Waals surface area contributed by atoms with E-state index < -0.39 is 46.0 Å². The molecule has 2 atom stereocenters. The van der Waals surface area contributed by atoms with Crippen molar-refractivity contribution in [1.82, 2.24) is 0 Å². The monoisotopic (exact) mass is 470 g/mol. The fraction of sp³-hybridized carbons (Fsp3) is 0.429. The zero-order valence-electron chi connectivity index (χ0n) is 17.8. The van der Waals surface area contributed by atoms with E-state index in [4.69, 9.17) is 4.18 Å². The third-order valence-electron chi connectivity index (χ3n) is 4.61. The van der Waals surface area contributed by atoms with E-state index in [1.807, 2.05) is 6.92 Å². The standard InChI is InChI=1S/C21H30O6S2Si/c1-17-10-12-20(13-11-17)29(25,26)27-15-18(22)14-21(16-30(2,3)4)28(23,24)19-8-6-5-7-9-19/h5-13,18,21-22H,14-16H2,1-4H3/t18-,21?/m0/s1. The number of aryl methyl sites for hydroxylation is 1. The fourth-order valence-corrected chi connectivity index (χ4v) is 9.37. The molecule has 1 N–H and O–H groups in total. The Bertz CT molecular complexity index is 1030. The van der Waals surface area contributed by atoms with Crippen LogP contribution in [-0.4, -0.2) is 48.0 Å². The smallest absolute Gasteiger partial charge is 0.297 e. The summed E-state index contributed by atoms with van der Waals surface area (Å²) in [5, 5.41) is 9.63. The summed E-state index contributed by atoms with van der Waals surface area (Å²) in [5.74, 6) is 0. The summed E-state index contributed by atoms with van der Waals surface area (Å²) in [5.41, 5.74) is 0.911. The van der Waals surface area contributed by atoms with Gasteiger partial charge in [0, 0.05) is 8.07 Å². The molecule has 2 rings (SSSR count). The molecule has 9 heteroatoms. The van der Waals surface area contributed by atoms with E-state index >= 15 is 0 Å². The second-order valence-electron chi connectivity index (χ2n) is 8.69. The van der Waals surface area contributed by atoms with Crippen LogP contribution in [0.15, 0.2) is 64.4 Å². The predicted octanol–water partition coefficient (Wildman–Crippen LogP) is 3.63. The van der Waals surface area contributed by atoms with Gasteiger partial charge in [-0.05, 0) is 43.7 Å². The highest BCUT2D eigenvalue weighted by molar-refractivity contribution is 7.92. The number of aliphatic hydroxyl groups excluding tert-OH is 1. The summed E-state index contributed by atoms with van der Waals surface area (Å²) in [6, 6.07) is 14.8. The SMILES string of the molecule is Cc1ccc(S(=O)(=O)OC[C@@H](O)CC(C[Si](C)(C)C)S(=O)(=O)c2ccccc2)cc1. The summed E-state index contributed by atoms with van der Waals surface area (Å²) in [7, 11) is -9.50. The van der Waals surface area contributed by atoms with Crippen molar-refractivity contribution in [2.24, 2.45) is 0 Å². The maximum absolute atomic E-state index is 13.2. The van der Waals surface area contributed by atoms with Gasteiger partial charge < -0.3 is 5.11 Å². The number of rotatable bonds is 10. The van der Waals surface area contributed by atoms with Crippen molar-refractivity contribution in [3.05, 3.63) is 60.2 Å². The van der Waals surface area contributed by atoms with Gasteiger partial charge in [0.15, 0.2) is 9.84 Å². The van der Waals surface area contributed by atoms with Crippen LogP contribution in [0.25, 0.3) is 0 Å². The number of hydrogen-bond acceptors (Lipinski definition) is 6. The summed E-state index contributed by atoms with van der Waals surface area (Å²) < 4.78 is 56.0. The highest BCUT2D eigenvalue weighted by atomic mass is 32.2. The van der Waals surface area contributed by atoms with Gasteiger partial charge in [-0.1, -0.05) is 55.5 Å². The van der Waals surface area contributed by atoms with Crippen molar-refractivity contribution in [2.45, 2.75) is 60.2 Å². The zero-order chi connectivity index (χ0) is 22.6. The van der Waals surface area contributed by atoms with Crippen LogP contribution in [-0.2, 0) is 24.1 Å². The molecule has 0 spiro atoms. The minimum Gasteiger partial charge on any atom is -0.391 e. The van der Waals surface area contributed by atoms with Crippen LogP contribution in [0, 0.1) is 6.92 Å². The first-order chi connectivity index (χ1) is 13.8. The highest BCUT2D eigenvalue weighted by Gasteiger charge is 2.34. The van der Waals surface area contributed by atoms with E-state index in [1.54, 1.807) is 30.3 Å². The quantitative estimate of drug-likeness (QED) is 0.421. The Labute approximate surface area is 181 Å². The Kier molecular flexibility index (Phi) is 8.03. The van der Waals surface area contributed by atoms with Crippen LogP contribution < -0.4 is 0 Å². The summed E-state index contributed by atoms with van der Waals surface area (Å²) in [6.45, 7) is 7.53. The Hall–Kier alpha value is -1.52. The maximum atomic E-state index is 13.2. The van der Waals surface area contributed by atoms with Crippen molar-refractivity contribution in [2.75, 3.05) is 6.61 Å². The molecule has 0 heterocycles. The van der Waals surface area contributed by atoms with Crippen LogP contribution >= 0.6 is 0 Å². The van der Waals surface area contributed by atoms with E-state index in [-0.39, 0.29) is 16.2 Å². The first kappa shape index (κ1) is 24.7. The Morgan fingerprint density at radius 2 is 1.47 bits per heavy atom. The molecule has 0 aliphatic carbocycles. The summed E-state index contributed by atoms with van der Waals surface area (Å²) >= 11 is 0. The van der Waals surface area contributed by atoms with Gasteiger partial charge in [0.25, 0.3) is 10.1 Å². The molecular formula is C21H30O6S2Si. The van der Waals surface area contributed by atoms with Gasteiger partial charge in [-0.15, -0.1) is 0 Å². The molecule has 30 heavy (non-hydrogen) atoms. The molecule has 0 aliphatic rings. The molecule has 166 valence electrons. The van der Waals surface area contributed by atoms with Crippen LogP contribution in [0.1, 0.15) is 12.0 Å². The first-order valence-corrected chi connectivity index (χ1v) is 16.4. The molecule has 0 saturated carbocycles. The average molecular weight is 471 g/mol. The van der Waals surface area contributed by atoms with Gasteiger partial charge in [0.2, 0.25) is 0 Å². The lowest BCUT2D eigenvalue weighted by atomic mass is 10.2. The molecule has 0 fully saturated rings. The first-order valence-electron chi connectivity index (χ1n) is 9.74. The van der Waals surface area contributed by atoms with Crippen LogP contribution in [0.2, 0.25) is 25.7 Å². The van der Waals surface area contributed by atoms with Crippen molar-refractivity contribution in [3.63, 3.8) is 0 Å². The Morgan fingerprint density at radius 3 is 2.00 bits per heavy atom. The van der Waals surface area contributed by atoms with Crippen molar-refractivity contribution < 1.29 is 26.1 Å². The van der Waals surface area contributed by atoms with Crippen molar-refractivity contribution in [1.29, 1.82) is 0 Å². The molecule has 1 unspecified atom stereocenters. The van der Waals surface area contributed by atoms with Gasteiger partial charge in [-0.2, -0.15) is 8.42 Å². The maximum Gasteiger partial charge on any atom is 0.297 e. The lowest BCUT2D eigenvalue weighted by Gasteiger charge is -2.26. The number of aliphatic hydroxyl groups is 1. The van der Waals surface area contributed by atoms with Gasteiger partial charge in [-0.3, -0.25) is 4.18 Å². The predicted molar refractivity (Wildman–Crippen MR) is 121 cm³/mol. The average Bonchev–Trinajstić information content (AvgIpc) is 2.66. The molecule has 0 aliphatic heterocycles. The topological polar surface area (TPSA) is 97.7 Å². The molecule has 0 amide bonds. The molecule has 0 saturated heterocycles. The van der Waals surface area contributed by atoms with Crippen LogP contribution in [0.5, 0.6) is 0 Å². The molecule has 0 bridgehead atoms. The normalized spacial score (nSPS) is 15.0. The highest BCUT2D eigenvalue weighted by Crippen LogP contribution is 2.27. The van der Waals surface area contributed by atoms with Crippen molar-refractivity contribution in [3.8, 4) is 0 Å². The lowest BCUT2D eigenvalue weighted by molar-refractivity contribution is 0.103. The minimum atomic E-state index is -4.03. The summed E-state index contributed by atoms with van der Waals surface area (Å²) in [4.78, 5) is 0.199. The van der Waals surface area contributed by atoms with Crippen LogP contribution in [0.4, 0.5) is 0 Å². The van der Waals surface area contributed by atoms with Gasteiger partial charge in [0.1, 0.15) is 0 Å². The van der Waals surface area contributed by atoms with Gasteiger partial charge in [-0.25, -0.2) is 8.42 Å². The molecule has 0 radical (unpaired) electrons. The van der Waals surface area contributed by atoms with E-state index in [0.29, 0.717) is 6.04 Å². The van der Waals surface area contributed by atoms with Gasteiger partial charge in [0.05, 0.1) is 27.8 Å². The Morgan fingerprint density at radius 1 is 0.900 bits per heavy atom. The lowest BCUT2D eigenvalue weighted by Crippen LogP contribution is -2.36. The minimum absolute atomic E-state index is 0.00384. The second kappa shape index (κ2) is 9.74. The number of sulfone groups is 1. The number of benzene rings is 2. The number of hydrogen-bond donors (Lipinski definition) is 1. The third-order valence-corrected chi connectivity index (χ3v) is 10.1. The van der Waals surface area contributed by atoms with E-state index in [1.165, 1.54) is 24.3 Å². The van der Waals surface area contributed by atoms with Gasteiger partial charge >= 0.3 is 0 Å². The molecular weight excluding hydrogens is 440 g/mol. The molecule has 6 nitrogen and oxygen atoms in total. The second-order valence-corrected chi connectivity index (χ2v) is 18.1. The molecule has 2 aromatic carbocycles. The molecule has 0 aromatic heterocycles. The Balaban J connectivity index is 2.14. The third kappa shape index (κ3) is 7.02. The zero-order valence-corrected chi connectivity index (χ0v) is 20.4. The van der Waals surface area contributed by atoms with E-state index in [0.717, 1.165) is 5.56 Å². The fourth-order valence-electron chi connectivity index (χ4n) is 3.12. The van der Waals surface area contributed by atoms with E-state index in [9.17, 15) is 21.9 Å². The largest absolute Gasteiger partial charge is 0.391 e.